The summed E-state index contributed by atoms with van der Waals surface area (Å²) in [6, 6.07) is 10.4. The molecule has 2 amide bonds. The molecule has 0 unspecified atom stereocenters. The van der Waals surface area contributed by atoms with Gasteiger partial charge in [-0.15, -0.1) is 0 Å². The number of carbonyl (C=O) groups excluding carboxylic acids is 1. The molecule has 2 heterocycles. The van der Waals surface area contributed by atoms with Crippen LogP contribution in [-0.2, 0) is 0 Å². The number of nitrogens with zero attached hydrogens (tertiary/aromatic N) is 1. The predicted molar refractivity (Wildman–Crippen MR) is 97.7 cm³/mol. The standard InChI is InChI=1S/C19H25N3O3/c1-14-7-9-22(10-8-14)16-5-2-4-15(12-16)20-19(24)21-17(13-23)18-6-3-11-25-18/h2-6,11-12,14,17,23H,7-10,13H2,1H3,(H2,20,21,24)/t17-/m1/s1. The van der Waals surface area contributed by atoms with Crippen LogP contribution in [0.3, 0.4) is 0 Å². The van der Waals surface area contributed by atoms with Crippen molar-refractivity contribution in [3.8, 4) is 0 Å². The molecule has 1 aromatic carbocycles. The van der Waals surface area contributed by atoms with Crippen LogP contribution in [0.15, 0.2) is 47.1 Å². The van der Waals surface area contributed by atoms with Crippen LogP contribution in [0.1, 0.15) is 31.6 Å². The van der Waals surface area contributed by atoms with Crippen molar-refractivity contribution >= 4 is 17.4 Å². The summed E-state index contributed by atoms with van der Waals surface area (Å²) in [6.45, 7) is 4.15. The Bertz CT molecular complexity index is 679. The molecule has 2 aromatic rings. The highest BCUT2D eigenvalue weighted by atomic mass is 16.3. The highest BCUT2D eigenvalue weighted by Gasteiger charge is 2.18. The number of urea groups is 1. The lowest BCUT2D eigenvalue weighted by Gasteiger charge is -2.32. The number of furan rings is 1. The van der Waals surface area contributed by atoms with Gasteiger partial charge in [0.2, 0.25) is 0 Å². The number of carbonyl (C=O) groups is 1. The number of aliphatic hydroxyl groups excluding tert-OH is 1. The molecule has 1 fully saturated rings. The van der Waals surface area contributed by atoms with Gasteiger partial charge >= 0.3 is 6.03 Å². The van der Waals surface area contributed by atoms with Gasteiger partial charge in [-0.25, -0.2) is 4.79 Å². The van der Waals surface area contributed by atoms with Crippen LogP contribution in [0.4, 0.5) is 16.2 Å². The highest BCUT2D eigenvalue weighted by molar-refractivity contribution is 5.90. The third kappa shape index (κ3) is 4.54. The minimum Gasteiger partial charge on any atom is -0.467 e. The minimum atomic E-state index is -0.568. The van der Waals surface area contributed by atoms with E-state index in [1.807, 2.05) is 18.2 Å². The van der Waals surface area contributed by atoms with Gasteiger partial charge < -0.3 is 25.1 Å². The lowest BCUT2D eigenvalue weighted by atomic mass is 9.99. The van der Waals surface area contributed by atoms with Gasteiger partial charge in [-0.3, -0.25) is 0 Å². The number of hydrogen-bond acceptors (Lipinski definition) is 4. The zero-order chi connectivity index (χ0) is 17.6. The van der Waals surface area contributed by atoms with Crippen molar-refractivity contribution in [1.29, 1.82) is 0 Å². The number of amides is 2. The smallest absolute Gasteiger partial charge is 0.319 e. The van der Waals surface area contributed by atoms with Crippen LogP contribution >= 0.6 is 0 Å². The minimum absolute atomic E-state index is 0.229. The topological polar surface area (TPSA) is 77.7 Å². The van der Waals surface area contributed by atoms with E-state index in [0.717, 1.165) is 30.4 Å². The van der Waals surface area contributed by atoms with E-state index in [0.29, 0.717) is 5.76 Å². The first-order valence-electron chi connectivity index (χ1n) is 8.72. The van der Waals surface area contributed by atoms with Crippen molar-refractivity contribution in [3.63, 3.8) is 0 Å². The van der Waals surface area contributed by atoms with Crippen molar-refractivity contribution in [2.75, 3.05) is 29.9 Å². The maximum absolute atomic E-state index is 12.2. The number of rotatable bonds is 5. The highest BCUT2D eigenvalue weighted by Crippen LogP contribution is 2.25. The van der Waals surface area contributed by atoms with Gasteiger partial charge in [-0.2, -0.15) is 0 Å². The normalized spacial score (nSPS) is 16.5. The van der Waals surface area contributed by atoms with Crippen molar-refractivity contribution in [1.82, 2.24) is 5.32 Å². The van der Waals surface area contributed by atoms with Gasteiger partial charge in [0.05, 0.1) is 12.9 Å². The number of piperidine rings is 1. The molecule has 1 aliphatic heterocycles. The maximum atomic E-state index is 12.2. The number of aliphatic hydroxyl groups is 1. The average molecular weight is 343 g/mol. The fourth-order valence-corrected chi connectivity index (χ4v) is 3.07. The number of hydrogen-bond donors (Lipinski definition) is 3. The monoisotopic (exact) mass is 343 g/mol. The Hall–Kier alpha value is -2.47. The van der Waals surface area contributed by atoms with E-state index in [4.69, 9.17) is 4.42 Å². The molecular weight excluding hydrogens is 318 g/mol. The van der Waals surface area contributed by atoms with E-state index in [1.165, 1.54) is 19.1 Å². The van der Waals surface area contributed by atoms with E-state index in [1.54, 1.807) is 12.1 Å². The molecule has 0 saturated carbocycles. The summed E-state index contributed by atoms with van der Waals surface area (Å²) in [4.78, 5) is 14.6. The Balaban J connectivity index is 1.60. The molecule has 6 nitrogen and oxygen atoms in total. The number of anilines is 2. The van der Waals surface area contributed by atoms with Gasteiger partial charge in [-0.1, -0.05) is 13.0 Å². The lowest BCUT2D eigenvalue weighted by Crippen LogP contribution is -2.34. The van der Waals surface area contributed by atoms with Gasteiger partial charge in [0.25, 0.3) is 0 Å². The summed E-state index contributed by atoms with van der Waals surface area (Å²) in [7, 11) is 0. The Kier molecular flexibility index (Phi) is 5.60. The molecule has 3 rings (SSSR count). The van der Waals surface area contributed by atoms with Crippen molar-refractivity contribution in [3.05, 3.63) is 48.4 Å². The fraction of sp³-hybridized carbons (Fsp3) is 0.421. The lowest BCUT2D eigenvalue weighted by molar-refractivity contribution is 0.215. The van der Waals surface area contributed by atoms with E-state index in [9.17, 15) is 9.90 Å². The zero-order valence-corrected chi connectivity index (χ0v) is 14.4. The first-order chi connectivity index (χ1) is 12.2. The summed E-state index contributed by atoms with van der Waals surface area (Å²) in [5, 5.41) is 15.0. The zero-order valence-electron chi connectivity index (χ0n) is 14.4. The van der Waals surface area contributed by atoms with Crippen LogP contribution < -0.4 is 15.5 Å². The number of benzene rings is 1. The third-order valence-corrected chi connectivity index (χ3v) is 4.63. The van der Waals surface area contributed by atoms with Crippen molar-refractivity contribution < 1.29 is 14.3 Å². The molecule has 0 radical (unpaired) electrons. The van der Waals surface area contributed by atoms with E-state index in [-0.39, 0.29) is 12.6 Å². The summed E-state index contributed by atoms with van der Waals surface area (Å²) in [5.41, 5.74) is 1.85. The second-order valence-corrected chi connectivity index (χ2v) is 6.57. The van der Waals surface area contributed by atoms with E-state index < -0.39 is 6.04 Å². The molecule has 0 aliphatic carbocycles. The summed E-state index contributed by atoms with van der Waals surface area (Å²) in [5.74, 6) is 1.30. The summed E-state index contributed by atoms with van der Waals surface area (Å²) >= 11 is 0. The van der Waals surface area contributed by atoms with Crippen molar-refractivity contribution in [2.45, 2.75) is 25.8 Å². The molecule has 1 aliphatic rings. The molecule has 1 atom stereocenters. The van der Waals surface area contributed by atoms with Gasteiger partial charge in [-0.05, 0) is 49.1 Å². The van der Waals surface area contributed by atoms with Crippen LogP contribution in [0.25, 0.3) is 0 Å². The Morgan fingerprint density at radius 3 is 2.80 bits per heavy atom. The first kappa shape index (κ1) is 17.4. The summed E-state index contributed by atoms with van der Waals surface area (Å²) < 4.78 is 5.24. The first-order valence-corrected chi connectivity index (χ1v) is 8.72. The van der Waals surface area contributed by atoms with E-state index >= 15 is 0 Å². The summed E-state index contributed by atoms with van der Waals surface area (Å²) in [6.07, 6.45) is 3.90. The van der Waals surface area contributed by atoms with Gasteiger partial charge in [0.1, 0.15) is 11.8 Å². The Labute approximate surface area is 147 Å². The third-order valence-electron chi connectivity index (χ3n) is 4.63. The molecule has 1 aromatic heterocycles. The van der Waals surface area contributed by atoms with Crippen LogP contribution in [0, 0.1) is 5.92 Å². The Morgan fingerprint density at radius 1 is 1.32 bits per heavy atom. The van der Waals surface area contributed by atoms with Crippen LogP contribution in [0.5, 0.6) is 0 Å². The second kappa shape index (κ2) is 8.07. The van der Waals surface area contributed by atoms with Gasteiger partial charge in [0.15, 0.2) is 0 Å². The average Bonchev–Trinajstić information content (AvgIpc) is 3.15. The Morgan fingerprint density at radius 2 is 2.12 bits per heavy atom. The number of nitrogens with one attached hydrogen (secondary N) is 2. The fourth-order valence-electron chi connectivity index (χ4n) is 3.07. The molecule has 0 spiro atoms. The van der Waals surface area contributed by atoms with E-state index in [2.05, 4.69) is 28.5 Å². The van der Waals surface area contributed by atoms with Crippen molar-refractivity contribution in [2.24, 2.45) is 5.92 Å². The molecule has 1 saturated heterocycles. The van der Waals surface area contributed by atoms with Gasteiger partial charge in [0, 0.05) is 24.5 Å². The van der Waals surface area contributed by atoms with Crippen LogP contribution in [0.2, 0.25) is 0 Å². The molecule has 0 bridgehead atoms. The molecule has 6 heteroatoms. The second-order valence-electron chi connectivity index (χ2n) is 6.57. The molecule has 3 N–H and O–H groups in total. The maximum Gasteiger partial charge on any atom is 0.319 e. The van der Waals surface area contributed by atoms with Crippen LogP contribution in [-0.4, -0.2) is 30.8 Å². The SMILES string of the molecule is CC1CCN(c2cccc(NC(=O)N[C@H](CO)c3ccco3)c2)CC1. The molecule has 25 heavy (non-hydrogen) atoms. The molecular formula is C19H25N3O3. The largest absolute Gasteiger partial charge is 0.467 e. The quantitative estimate of drug-likeness (QED) is 0.778. The predicted octanol–water partition coefficient (Wildman–Crippen LogP) is 3.37. The molecule has 134 valence electrons.